The van der Waals surface area contributed by atoms with E-state index in [-0.39, 0.29) is 18.3 Å². The van der Waals surface area contributed by atoms with Gasteiger partial charge >= 0.3 is 5.69 Å². The lowest BCUT2D eigenvalue weighted by Gasteiger charge is -2.25. The van der Waals surface area contributed by atoms with Crippen LogP contribution < -0.4 is 10.6 Å². The van der Waals surface area contributed by atoms with Crippen LogP contribution in [-0.2, 0) is 0 Å². The number of rotatable bonds is 2. The molecule has 18 heavy (non-hydrogen) atoms. The average Bonchev–Trinajstić information content (AvgIpc) is 2.93. The number of H-pyrrole nitrogens is 1. The predicted octanol–water partition coefficient (Wildman–Crippen LogP) is -0.375. The zero-order chi connectivity index (χ0) is 12.7. The SMILES string of the molecule is CC1CCN(c2cc3n[nH]c(=O)n3cn2)C1CO. The number of anilines is 1. The van der Waals surface area contributed by atoms with E-state index < -0.39 is 0 Å². The summed E-state index contributed by atoms with van der Waals surface area (Å²) in [6.45, 7) is 3.10. The third kappa shape index (κ3) is 1.59. The van der Waals surface area contributed by atoms with E-state index in [4.69, 9.17) is 0 Å². The van der Waals surface area contributed by atoms with E-state index in [1.165, 1.54) is 10.7 Å². The lowest BCUT2D eigenvalue weighted by Crippen LogP contribution is -2.35. The fourth-order valence-corrected chi connectivity index (χ4v) is 2.53. The number of hydrogen-bond donors (Lipinski definition) is 2. The highest BCUT2D eigenvalue weighted by molar-refractivity contribution is 5.51. The van der Waals surface area contributed by atoms with Gasteiger partial charge in [0, 0.05) is 12.6 Å². The summed E-state index contributed by atoms with van der Waals surface area (Å²) in [5.41, 5.74) is 0.249. The van der Waals surface area contributed by atoms with Crippen molar-refractivity contribution in [3.63, 3.8) is 0 Å². The summed E-state index contributed by atoms with van der Waals surface area (Å²) in [6, 6.07) is 1.85. The molecule has 2 N–H and O–H groups in total. The molecule has 0 bridgehead atoms. The second kappa shape index (κ2) is 4.09. The fourth-order valence-electron chi connectivity index (χ4n) is 2.53. The number of fused-ring (bicyclic) bond motifs is 1. The summed E-state index contributed by atoms with van der Waals surface area (Å²) in [4.78, 5) is 17.7. The minimum Gasteiger partial charge on any atom is -0.394 e. The summed E-state index contributed by atoms with van der Waals surface area (Å²) in [5, 5.41) is 15.7. The smallest absolute Gasteiger partial charge is 0.348 e. The van der Waals surface area contributed by atoms with Gasteiger partial charge in [0.15, 0.2) is 5.65 Å². The number of aromatic amines is 1. The maximum absolute atomic E-state index is 11.3. The van der Waals surface area contributed by atoms with E-state index in [0.717, 1.165) is 18.8 Å². The van der Waals surface area contributed by atoms with Crippen molar-refractivity contribution in [2.45, 2.75) is 19.4 Å². The Morgan fingerprint density at radius 1 is 1.61 bits per heavy atom. The van der Waals surface area contributed by atoms with Crippen LogP contribution in [0.5, 0.6) is 0 Å². The van der Waals surface area contributed by atoms with E-state index >= 15 is 0 Å². The molecule has 2 atom stereocenters. The molecule has 1 saturated heterocycles. The Hall–Kier alpha value is -1.89. The van der Waals surface area contributed by atoms with Crippen LogP contribution in [0.1, 0.15) is 13.3 Å². The normalized spacial score (nSPS) is 24.0. The number of aromatic nitrogens is 4. The summed E-state index contributed by atoms with van der Waals surface area (Å²) in [5.74, 6) is 1.19. The molecule has 0 amide bonds. The average molecular weight is 249 g/mol. The fraction of sp³-hybridized carbons (Fsp3) is 0.545. The van der Waals surface area contributed by atoms with Crippen LogP contribution in [0.3, 0.4) is 0 Å². The van der Waals surface area contributed by atoms with Gasteiger partial charge in [0.1, 0.15) is 12.1 Å². The number of hydrogen-bond acceptors (Lipinski definition) is 5. The topological polar surface area (TPSA) is 86.5 Å². The monoisotopic (exact) mass is 249 g/mol. The van der Waals surface area contributed by atoms with Gasteiger partial charge in [0.05, 0.1) is 12.6 Å². The molecule has 0 radical (unpaired) electrons. The molecule has 1 aliphatic rings. The first-order chi connectivity index (χ1) is 8.70. The van der Waals surface area contributed by atoms with Gasteiger partial charge in [-0.05, 0) is 12.3 Å². The van der Waals surface area contributed by atoms with Crippen LogP contribution >= 0.6 is 0 Å². The predicted molar refractivity (Wildman–Crippen MR) is 65.6 cm³/mol. The molecule has 96 valence electrons. The van der Waals surface area contributed by atoms with Crippen LogP contribution in [0.15, 0.2) is 17.2 Å². The van der Waals surface area contributed by atoms with Gasteiger partial charge in [0.2, 0.25) is 0 Å². The summed E-state index contributed by atoms with van der Waals surface area (Å²) < 4.78 is 1.36. The number of aliphatic hydroxyl groups is 1. The Morgan fingerprint density at radius 3 is 3.22 bits per heavy atom. The quantitative estimate of drug-likeness (QED) is 0.758. The molecule has 2 aromatic heterocycles. The van der Waals surface area contributed by atoms with Crippen LogP contribution in [0.2, 0.25) is 0 Å². The van der Waals surface area contributed by atoms with Gasteiger partial charge in [-0.1, -0.05) is 6.92 Å². The van der Waals surface area contributed by atoms with Gasteiger partial charge in [-0.25, -0.2) is 19.3 Å². The molecule has 0 spiro atoms. The summed E-state index contributed by atoms with van der Waals surface area (Å²) >= 11 is 0. The lowest BCUT2D eigenvalue weighted by atomic mass is 10.0. The number of aliphatic hydroxyl groups excluding tert-OH is 1. The van der Waals surface area contributed by atoms with Gasteiger partial charge in [-0.15, -0.1) is 0 Å². The lowest BCUT2D eigenvalue weighted by molar-refractivity contribution is 0.244. The minimum absolute atomic E-state index is 0.0885. The molecule has 2 unspecified atom stereocenters. The molecule has 0 aliphatic carbocycles. The summed E-state index contributed by atoms with van der Waals surface area (Å²) in [6.07, 6.45) is 2.50. The standard InChI is InChI=1S/C11H15N5O2/c1-7-2-3-15(8(7)5-17)9-4-10-13-14-11(18)16(10)6-12-9/h4,6-8,17H,2-3,5H2,1H3,(H,14,18). The first-order valence-corrected chi connectivity index (χ1v) is 6.01. The van der Waals surface area contributed by atoms with Crippen molar-refractivity contribution in [2.24, 2.45) is 5.92 Å². The van der Waals surface area contributed by atoms with Crippen molar-refractivity contribution in [3.05, 3.63) is 22.9 Å². The molecule has 1 aliphatic heterocycles. The van der Waals surface area contributed by atoms with Gasteiger partial charge in [0.25, 0.3) is 0 Å². The first kappa shape index (κ1) is 11.2. The highest BCUT2D eigenvalue weighted by atomic mass is 16.3. The van der Waals surface area contributed by atoms with Crippen LogP contribution in [0.4, 0.5) is 5.82 Å². The highest BCUT2D eigenvalue weighted by Crippen LogP contribution is 2.28. The van der Waals surface area contributed by atoms with Gasteiger partial charge < -0.3 is 10.0 Å². The maximum Gasteiger partial charge on any atom is 0.348 e. The van der Waals surface area contributed by atoms with Crippen molar-refractivity contribution in [1.82, 2.24) is 19.6 Å². The Morgan fingerprint density at radius 2 is 2.44 bits per heavy atom. The Kier molecular flexibility index (Phi) is 2.55. The van der Waals surface area contributed by atoms with Crippen LogP contribution in [0, 0.1) is 5.92 Å². The molecule has 3 rings (SSSR count). The maximum atomic E-state index is 11.3. The second-order valence-electron chi connectivity index (χ2n) is 4.71. The third-order valence-electron chi connectivity index (χ3n) is 3.66. The molecule has 3 heterocycles. The van der Waals surface area contributed by atoms with Crippen LogP contribution in [0.25, 0.3) is 5.65 Å². The molecule has 0 saturated carbocycles. The zero-order valence-corrected chi connectivity index (χ0v) is 10.1. The molecule has 1 fully saturated rings. The first-order valence-electron chi connectivity index (χ1n) is 6.01. The molecule has 2 aromatic rings. The van der Waals surface area contributed by atoms with Gasteiger partial charge in [-0.3, -0.25) is 0 Å². The highest BCUT2D eigenvalue weighted by Gasteiger charge is 2.31. The zero-order valence-electron chi connectivity index (χ0n) is 10.1. The Bertz CT molecular complexity index is 619. The third-order valence-corrected chi connectivity index (χ3v) is 3.66. The molecule has 7 nitrogen and oxygen atoms in total. The minimum atomic E-state index is -0.294. The van der Waals surface area contributed by atoms with Crippen LogP contribution in [-0.4, -0.2) is 43.9 Å². The molecular formula is C11H15N5O2. The van der Waals surface area contributed by atoms with E-state index in [2.05, 4.69) is 27.0 Å². The van der Waals surface area contributed by atoms with E-state index in [1.807, 2.05) is 0 Å². The van der Waals surface area contributed by atoms with Gasteiger partial charge in [-0.2, -0.15) is 5.10 Å². The van der Waals surface area contributed by atoms with E-state index in [0.29, 0.717) is 11.6 Å². The molecular weight excluding hydrogens is 234 g/mol. The second-order valence-corrected chi connectivity index (χ2v) is 4.71. The summed E-state index contributed by atoms with van der Waals surface area (Å²) in [7, 11) is 0. The number of nitrogens with zero attached hydrogens (tertiary/aromatic N) is 4. The molecule has 7 heteroatoms. The van der Waals surface area contributed by atoms with E-state index in [9.17, 15) is 9.90 Å². The Labute approximate surface area is 103 Å². The van der Waals surface area contributed by atoms with Crippen molar-refractivity contribution in [1.29, 1.82) is 0 Å². The van der Waals surface area contributed by atoms with E-state index in [1.54, 1.807) is 6.07 Å². The largest absolute Gasteiger partial charge is 0.394 e. The number of nitrogens with one attached hydrogen (secondary N) is 1. The Balaban J connectivity index is 2.01. The van der Waals surface area contributed by atoms with Crippen molar-refractivity contribution < 1.29 is 5.11 Å². The molecule has 0 aromatic carbocycles. The van der Waals surface area contributed by atoms with Crippen molar-refractivity contribution >= 4 is 11.5 Å². The van der Waals surface area contributed by atoms with Crippen molar-refractivity contribution in [2.75, 3.05) is 18.1 Å². The van der Waals surface area contributed by atoms with Crippen molar-refractivity contribution in [3.8, 4) is 0 Å².